The molecule has 1 aromatic carbocycles. The summed E-state index contributed by atoms with van der Waals surface area (Å²) in [5, 5.41) is 10.7. The summed E-state index contributed by atoms with van der Waals surface area (Å²) in [6.07, 6.45) is 5.14. The Morgan fingerprint density at radius 2 is 2.06 bits per heavy atom. The van der Waals surface area contributed by atoms with E-state index in [2.05, 4.69) is 15.3 Å². The number of hydrogen-bond donors (Lipinski definition) is 2. The molecule has 3 N–H and O–H groups in total. The number of nitrogens with two attached hydrogens (primary N) is 1. The van der Waals surface area contributed by atoms with Crippen molar-refractivity contribution < 1.29 is 22.1 Å². The number of hydrogen-bond acceptors (Lipinski definition) is 9. The normalized spacial score (nSPS) is 18.1. The highest BCUT2D eigenvalue weighted by Crippen LogP contribution is 2.30. The highest BCUT2D eigenvalue weighted by Gasteiger charge is 2.28. The van der Waals surface area contributed by atoms with Crippen LogP contribution in [0.1, 0.15) is 40.1 Å². The third-order valence-electron chi connectivity index (χ3n) is 5.40. The van der Waals surface area contributed by atoms with E-state index >= 15 is 0 Å². The van der Waals surface area contributed by atoms with Gasteiger partial charge in [0.1, 0.15) is 24.5 Å². The first-order chi connectivity index (χ1) is 16.3. The summed E-state index contributed by atoms with van der Waals surface area (Å²) in [6.45, 7) is 0.370. The zero-order chi connectivity index (χ0) is 24.1. The van der Waals surface area contributed by atoms with Crippen LogP contribution in [0.3, 0.4) is 0 Å². The van der Waals surface area contributed by atoms with Crippen LogP contribution >= 0.6 is 22.9 Å². The van der Waals surface area contributed by atoms with E-state index < -0.39 is 10.3 Å². The van der Waals surface area contributed by atoms with Crippen molar-refractivity contribution in [3.63, 3.8) is 0 Å². The average molecular weight is 523 g/mol. The number of carbonyl (C=O) groups excluding carboxylic acids is 1. The van der Waals surface area contributed by atoms with E-state index in [0.29, 0.717) is 40.1 Å². The number of nitrogens with zero attached hydrogens (tertiary/aromatic N) is 2. The first-order valence-electron chi connectivity index (χ1n) is 10.5. The van der Waals surface area contributed by atoms with Crippen molar-refractivity contribution in [2.75, 3.05) is 11.9 Å². The second-order valence-corrected chi connectivity index (χ2v) is 10.5. The molecule has 9 nitrogen and oxygen atoms in total. The minimum Gasteiger partial charge on any atom is -0.489 e. The van der Waals surface area contributed by atoms with E-state index in [1.165, 1.54) is 23.9 Å². The number of ether oxygens (including phenoxy) is 1. The molecule has 34 heavy (non-hydrogen) atoms. The van der Waals surface area contributed by atoms with Gasteiger partial charge in [0.05, 0.1) is 17.0 Å². The second kappa shape index (κ2) is 10.8. The molecular weight excluding hydrogens is 500 g/mol. The molecule has 0 saturated heterocycles. The summed E-state index contributed by atoms with van der Waals surface area (Å²) in [7, 11) is -3.96. The summed E-state index contributed by atoms with van der Waals surface area (Å²) in [4.78, 5) is 22.0. The Morgan fingerprint density at radius 3 is 2.82 bits per heavy atom. The quantitative estimate of drug-likeness (QED) is 0.384. The van der Waals surface area contributed by atoms with Gasteiger partial charge in [0.15, 0.2) is 0 Å². The van der Waals surface area contributed by atoms with Crippen molar-refractivity contribution in [1.82, 2.24) is 9.97 Å². The molecule has 2 heterocycles. The van der Waals surface area contributed by atoms with Crippen molar-refractivity contribution in [3.05, 3.63) is 69.3 Å². The predicted octanol–water partition coefficient (Wildman–Crippen LogP) is 3.80. The van der Waals surface area contributed by atoms with E-state index in [-0.39, 0.29) is 24.3 Å². The molecule has 1 aliphatic carbocycles. The minimum atomic E-state index is -3.96. The molecule has 1 aliphatic rings. The number of thiophene rings is 1. The van der Waals surface area contributed by atoms with Crippen molar-refractivity contribution in [3.8, 4) is 5.75 Å². The predicted molar refractivity (Wildman–Crippen MR) is 129 cm³/mol. The van der Waals surface area contributed by atoms with Crippen LogP contribution < -0.4 is 15.2 Å². The number of aromatic nitrogens is 2. The molecule has 0 unspecified atom stereocenters. The third-order valence-corrected chi connectivity index (χ3v) is 7.10. The van der Waals surface area contributed by atoms with Gasteiger partial charge in [-0.05, 0) is 60.9 Å². The lowest BCUT2D eigenvalue weighted by atomic mass is 10.1. The van der Waals surface area contributed by atoms with E-state index in [1.807, 2.05) is 5.38 Å². The summed E-state index contributed by atoms with van der Waals surface area (Å²) in [5.41, 5.74) is 1.25. The SMILES string of the molecule is NS(=O)(=O)OC[C@@H]1CC[C@H](Nc2ncncc2C(=O)c2cc(COc3ccc(Cl)cc3)cs2)C1. The van der Waals surface area contributed by atoms with Gasteiger partial charge < -0.3 is 10.1 Å². The second-order valence-electron chi connectivity index (χ2n) is 7.97. The number of anilines is 1. The van der Waals surface area contributed by atoms with Crippen molar-refractivity contribution in [2.45, 2.75) is 31.9 Å². The first-order valence-corrected chi connectivity index (χ1v) is 13.2. The van der Waals surface area contributed by atoms with Crippen molar-refractivity contribution in [2.24, 2.45) is 11.1 Å². The molecule has 180 valence electrons. The molecular formula is C22H23ClN4O5S2. The van der Waals surface area contributed by atoms with Crippen molar-refractivity contribution >= 4 is 44.8 Å². The number of ketones is 1. The minimum absolute atomic E-state index is 0.0298. The summed E-state index contributed by atoms with van der Waals surface area (Å²) < 4.78 is 32.5. The van der Waals surface area contributed by atoms with Gasteiger partial charge in [0, 0.05) is 22.8 Å². The molecule has 12 heteroatoms. The van der Waals surface area contributed by atoms with Gasteiger partial charge >= 0.3 is 10.3 Å². The molecule has 0 spiro atoms. The smallest absolute Gasteiger partial charge is 0.333 e. The van der Waals surface area contributed by atoms with Gasteiger partial charge in [-0.25, -0.2) is 15.1 Å². The zero-order valence-corrected chi connectivity index (χ0v) is 20.4. The molecule has 0 amide bonds. The van der Waals surface area contributed by atoms with Gasteiger partial charge in [0.25, 0.3) is 0 Å². The van der Waals surface area contributed by atoms with Gasteiger partial charge in [-0.3, -0.25) is 8.98 Å². The van der Waals surface area contributed by atoms with Gasteiger partial charge in [0.2, 0.25) is 5.78 Å². The van der Waals surface area contributed by atoms with E-state index in [1.54, 1.807) is 30.3 Å². The lowest BCUT2D eigenvalue weighted by Gasteiger charge is -2.15. The van der Waals surface area contributed by atoms with Crippen LogP contribution in [-0.2, 0) is 21.1 Å². The Bertz CT molecular complexity index is 1250. The van der Waals surface area contributed by atoms with Crippen LogP contribution in [0.4, 0.5) is 5.82 Å². The Labute approximate surface area is 206 Å². The maximum absolute atomic E-state index is 13.2. The summed E-state index contributed by atoms with van der Waals surface area (Å²) in [6, 6.07) is 8.91. The molecule has 0 aliphatic heterocycles. The number of nitrogens with one attached hydrogen (secondary N) is 1. The number of halogens is 1. The third kappa shape index (κ3) is 6.73. The van der Waals surface area contributed by atoms with Crippen molar-refractivity contribution in [1.29, 1.82) is 0 Å². The fourth-order valence-electron chi connectivity index (χ4n) is 3.75. The van der Waals surface area contributed by atoms with Crippen LogP contribution in [0.25, 0.3) is 0 Å². The number of rotatable bonds is 10. The maximum Gasteiger partial charge on any atom is 0.333 e. The molecule has 2 atom stereocenters. The highest BCUT2D eigenvalue weighted by molar-refractivity contribution is 7.84. The van der Waals surface area contributed by atoms with Crippen LogP contribution in [0.15, 0.2) is 48.2 Å². The van der Waals surface area contributed by atoms with E-state index in [4.69, 9.17) is 25.7 Å². The van der Waals surface area contributed by atoms with E-state index in [9.17, 15) is 13.2 Å². The van der Waals surface area contributed by atoms with Gasteiger partial charge in [-0.15, -0.1) is 11.3 Å². The topological polar surface area (TPSA) is 134 Å². The first kappa shape index (κ1) is 24.6. The molecule has 0 radical (unpaired) electrons. The Balaban J connectivity index is 1.38. The number of carbonyl (C=O) groups is 1. The van der Waals surface area contributed by atoms with Crippen LogP contribution in [0.5, 0.6) is 5.75 Å². The monoisotopic (exact) mass is 522 g/mol. The fourth-order valence-corrected chi connectivity index (χ4v) is 5.11. The molecule has 1 saturated carbocycles. The summed E-state index contributed by atoms with van der Waals surface area (Å²) in [5.74, 6) is 1.01. The Kier molecular flexibility index (Phi) is 7.79. The average Bonchev–Trinajstić information content (AvgIpc) is 3.46. The Hall–Kier alpha value is -2.57. The van der Waals surface area contributed by atoms with Crippen LogP contribution in [0, 0.1) is 5.92 Å². The lowest BCUT2D eigenvalue weighted by molar-refractivity contribution is 0.104. The Morgan fingerprint density at radius 1 is 1.26 bits per heavy atom. The molecule has 2 aromatic heterocycles. The highest BCUT2D eigenvalue weighted by atomic mass is 35.5. The molecule has 3 aromatic rings. The van der Waals surface area contributed by atoms with Crippen LogP contribution in [0.2, 0.25) is 5.02 Å². The molecule has 4 rings (SSSR count). The molecule has 1 fully saturated rings. The fraction of sp³-hybridized carbons (Fsp3) is 0.318. The lowest BCUT2D eigenvalue weighted by Crippen LogP contribution is -2.22. The largest absolute Gasteiger partial charge is 0.489 e. The summed E-state index contributed by atoms with van der Waals surface area (Å²) >= 11 is 7.22. The zero-order valence-electron chi connectivity index (χ0n) is 18.0. The van der Waals surface area contributed by atoms with E-state index in [0.717, 1.165) is 18.4 Å². The van der Waals surface area contributed by atoms with Gasteiger partial charge in [-0.2, -0.15) is 8.42 Å². The standard InChI is InChI=1S/C22H23ClN4O5S2/c23-16-2-5-18(6-3-16)31-10-15-8-20(33-12-15)21(28)19-9-25-13-26-22(19)27-17-4-1-14(7-17)11-32-34(24,29)30/h2-3,5-6,8-9,12-14,17H,1,4,7,10-11H2,(H2,24,29,30)(H,25,26,27)/t14-,17+/m1/s1. The van der Waals surface area contributed by atoms with Gasteiger partial charge in [-0.1, -0.05) is 11.6 Å². The number of benzene rings is 1. The maximum atomic E-state index is 13.2. The molecule has 0 bridgehead atoms. The van der Waals surface area contributed by atoms with Crippen LogP contribution in [-0.4, -0.2) is 36.8 Å².